The summed E-state index contributed by atoms with van der Waals surface area (Å²) < 4.78 is 13.4. The molecule has 0 bridgehead atoms. The lowest BCUT2D eigenvalue weighted by Crippen LogP contribution is -2.27. The second kappa shape index (κ2) is 6.17. The van der Waals surface area contributed by atoms with Gasteiger partial charge in [-0.3, -0.25) is 4.79 Å². The third-order valence-electron chi connectivity index (χ3n) is 3.19. The van der Waals surface area contributed by atoms with Crippen LogP contribution in [0.5, 0.6) is 0 Å². The van der Waals surface area contributed by atoms with Crippen molar-refractivity contribution in [3.8, 4) is 0 Å². The topological polar surface area (TPSA) is 54.4 Å². The van der Waals surface area contributed by atoms with Crippen LogP contribution in [-0.2, 0) is 9.36 Å². The van der Waals surface area contributed by atoms with Crippen molar-refractivity contribution >= 4 is 23.5 Å². The molecule has 0 aliphatic rings. The summed E-state index contributed by atoms with van der Waals surface area (Å²) in [5.41, 5.74) is 0. The maximum absolute atomic E-state index is 13.4. The van der Waals surface area contributed by atoms with Gasteiger partial charge in [-0.15, -0.1) is 0 Å². The predicted molar refractivity (Wildman–Crippen MR) is 81.3 cm³/mol. The first-order valence-electron chi connectivity index (χ1n) is 6.45. The number of hydrogen-bond acceptors (Lipinski definition) is 3. The summed E-state index contributed by atoms with van der Waals surface area (Å²) in [6.45, 7) is 1.41. The zero-order valence-corrected chi connectivity index (χ0v) is 12.2. The zero-order chi connectivity index (χ0) is 14.6. The summed E-state index contributed by atoms with van der Waals surface area (Å²) >= 11 is 0. The molecule has 0 aliphatic heterocycles. The molecular weight excluding hydrogens is 271 g/mol. The minimum atomic E-state index is -3.04. The van der Waals surface area contributed by atoms with Crippen LogP contribution in [-0.4, -0.2) is 23.2 Å². The number of benzene rings is 2. The Balaban J connectivity index is 2.50. The van der Waals surface area contributed by atoms with Crippen LogP contribution in [0, 0.1) is 0 Å². The van der Waals surface area contributed by atoms with E-state index < -0.39 is 19.0 Å². The summed E-state index contributed by atoms with van der Waals surface area (Å²) in [5, 5.41) is 10.7. The van der Waals surface area contributed by atoms with E-state index in [-0.39, 0.29) is 6.16 Å². The molecule has 2 rings (SSSR count). The molecule has 0 heterocycles. The van der Waals surface area contributed by atoms with Gasteiger partial charge in [0.15, 0.2) is 5.78 Å². The first kappa shape index (κ1) is 14.7. The molecule has 0 aromatic heterocycles. The smallest absolute Gasteiger partial charge is 0.168 e. The van der Waals surface area contributed by atoms with Crippen LogP contribution in [0.2, 0.25) is 0 Å². The largest absolute Gasteiger partial charge is 0.386 e. The first-order valence-corrected chi connectivity index (χ1v) is 8.34. The number of carbonyl (C=O) groups excluding carboxylic acids is 1. The van der Waals surface area contributed by atoms with Crippen molar-refractivity contribution < 1.29 is 14.5 Å². The summed E-state index contributed by atoms with van der Waals surface area (Å²) in [4.78, 5) is 11.9. The monoisotopic (exact) mass is 288 g/mol. The van der Waals surface area contributed by atoms with Crippen LogP contribution < -0.4 is 10.6 Å². The molecule has 0 saturated carbocycles. The summed E-state index contributed by atoms with van der Waals surface area (Å²) in [6, 6.07) is 18.0. The van der Waals surface area contributed by atoms with Gasteiger partial charge in [0, 0.05) is 10.6 Å². The van der Waals surface area contributed by atoms with Gasteiger partial charge in [-0.25, -0.2) is 0 Å². The number of carbonyl (C=O) groups is 1. The maximum atomic E-state index is 13.4. The molecule has 2 aromatic carbocycles. The highest BCUT2D eigenvalue weighted by Gasteiger charge is 2.31. The second-order valence-corrected chi connectivity index (χ2v) is 7.54. The predicted octanol–water partition coefficient (Wildman–Crippen LogP) is 1.95. The number of Topliss-reactive ketones (excluding diaryl/α,β-unsaturated/α-hetero) is 1. The van der Waals surface area contributed by atoms with Crippen LogP contribution >= 0.6 is 7.14 Å². The number of aliphatic hydroxyl groups is 1. The van der Waals surface area contributed by atoms with E-state index in [9.17, 15) is 14.5 Å². The van der Waals surface area contributed by atoms with Crippen molar-refractivity contribution in [2.75, 3.05) is 6.16 Å². The Labute approximate surface area is 118 Å². The van der Waals surface area contributed by atoms with Crippen LogP contribution in [0.4, 0.5) is 0 Å². The van der Waals surface area contributed by atoms with E-state index in [1.807, 2.05) is 12.1 Å². The number of aliphatic hydroxyl groups excluding tert-OH is 1. The van der Waals surface area contributed by atoms with Gasteiger partial charge in [0.2, 0.25) is 0 Å². The summed E-state index contributed by atoms with van der Waals surface area (Å²) in [6.07, 6.45) is -1.26. The lowest BCUT2D eigenvalue weighted by molar-refractivity contribution is -0.123. The molecule has 1 atom stereocenters. The van der Waals surface area contributed by atoms with Crippen molar-refractivity contribution in [1.82, 2.24) is 0 Å². The molecule has 0 aliphatic carbocycles. The summed E-state index contributed by atoms with van der Waals surface area (Å²) in [5.74, 6) is -0.402. The molecular formula is C16H17O3P. The van der Waals surface area contributed by atoms with Gasteiger partial charge in [0.25, 0.3) is 0 Å². The van der Waals surface area contributed by atoms with Gasteiger partial charge in [0.05, 0.1) is 6.16 Å². The molecule has 0 radical (unpaired) electrons. The molecule has 0 spiro atoms. The molecule has 3 nitrogen and oxygen atoms in total. The molecule has 104 valence electrons. The normalized spacial score (nSPS) is 12.9. The quantitative estimate of drug-likeness (QED) is 0.856. The minimum Gasteiger partial charge on any atom is -0.386 e. The van der Waals surface area contributed by atoms with Crippen molar-refractivity contribution in [2.45, 2.75) is 13.0 Å². The van der Waals surface area contributed by atoms with Gasteiger partial charge in [0.1, 0.15) is 13.2 Å². The van der Waals surface area contributed by atoms with E-state index in [0.29, 0.717) is 10.6 Å². The lowest BCUT2D eigenvalue weighted by atomic mass is 10.3. The van der Waals surface area contributed by atoms with Gasteiger partial charge in [-0.2, -0.15) is 0 Å². The van der Waals surface area contributed by atoms with Gasteiger partial charge < -0.3 is 9.67 Å². The molecule has 0 unspecified atom stereocenters. The molecule has 20 heavy (non-hydrogen) atoms. The Morgan fingerprint density at radius 3 is 1.75 bits per heavy atom. The van der Waals surface area contributed by atoms with E-state index >= 15 is 0 Å². The molecule has 0 fully saturated rings. The fourth-order valence-corrected chi connectivity index (χ4v) is 4.69. The van der Waals surface area contributed by atoms with Gasteiger partial charge in [-0.05, 0) is 6.92 Å². The third-order valence-corrected chi connectivity index (χ3v) is 6.21. The standard InChI is InChI=1S/C16H17O3P/c1-13(17)16(18)12-20(19,14-8-4-2-5-9-14)15-10-6-3-7-11-15/h2-11,13,17H,12H2,1H3/t13-/m1/s1. The SMILES string of the molecule is C[C@@H](O)C(=O)CP(=O)(c1ccccc1)c1ccccc1. The summed E-state index contributed by atoms with van der Waals surface area (Å²) in [7, 11) is -3.04. The van der Waals surface area contributed by atoms with E-state index in [4.69, 9.17) is 0 Å². The zero-order valence-electron chi connectivity index (χ0n) is 11.3. The highest BCUT2D eigenvalue weighted by molar-refractivity contribution is 7.79. The average Bonchev–Trinajstić information content (AvgIpc) is 2.48. The molecule has 0 saturated heterocycles. The molecule has 1 N–H and O–H groups in total. The Kier molecular flexibility index (Phi) is 4.53. The molecule has 2 aromatic rings. The van der Waals surface area contributed by atoms with Crippen molar-refractivity contribution in [1.29, 1.82) is 0 Å². The van der Waals surface area contributed by atoms with Gasteiger partial charge in [-0.1, -0.05) is 60.7 Å². The second-order valence-electron chi connectivity index (χ2n) is 4.71. The van der Waals surface area contributed by atoms with Crippen molar-refractivity contribution in [3.63, 3.8) is 0 Å². The molecule has 0 amide bonds. The Bertz CT molecular complexity index is 577. The van der Waals surface area contributed by atoms with Crippen LogP contribution in [0.15, 0.2) is 60.7 Å². The fourth-order valence-electron chi connectivity index (χ4n) is 2.02. The first-order chi connectivity index (χ1) is 9.54. The number of hydrogen-bond donors (Lipinski definition) is 1. The van der Waals surface area contributed by atoms with E-state index in [1.54, 1.807) is 48.5 Å². The number of ketones is 1. The average molecular weight is 288 g/mol. The Hall–Kier alpha value is -1.70. The van der Waals surface area contributed by atoms with E-state index in [2.05, 4.69) is 0 Å². The maximum Gasteiger partial charge on any atom is 0.168 e. The third kappa shape index (κ3) is 3.06. The van der Waals surface area contributed by atoms with Crippen LogP contribution in [0.25, 0.3) is 0 Å². The van der Waals surface area contributed by atoms with E-state index in [1.165, 1.54) is 6.92 Å². The van der Waals surface area contributed by atoms with Crippen molar-refractivity contribution in [2.24, 2.45) is 0 Å². The van der Waals surface area contributed by atoms with E-state index in [0.717, 1.165) is 0 Å². The highest BCUT2D eigenvalue weighted by Crippen LogP contribution is 2.43. The van der Waals surface area contributed by atoms with Crippen LogP contribution in [0.1, 0.15) is 6.92 Å². The minimum absolute atomic E-state index is 0.154. The van der Waals surface area contributed by atoms with Crippen molar-refractivity contribution in [3.05, 3.63) is 60.7 Å². The number of rotatable bonds is 5. The lowest BCUT2D eigenvalue weighted by Gasteiger charge is -2.19. The van der Waals surface area contributed by atoms with Gasteiger partial charge >= 0.3 is 0 Å². The Morgan fingerprint density at radius 1 is 1.00 bits per heavy atom. The highest BCUT2D eigenvalue weighted by atomic mass is 31.2. The fraction of sp³-hybridized carbons (Fsp3) is 0.188. The van der Waals surface area contributed by atoms with Crippen LogP contribution in [0.3, 0.4) is 0 Å². The molecule has 4 heteroatoms. The Morgan fingerprint density at radius 2 is 1.40 bits per heavy atom.